The first kappa shape index (κ1) is 8.52. The van der Waals surface area contributed by atoms with Gasteiger partial charge < -0.3 is 5.32 Å². The first-order valence-corrected chi connectivity index (χ1v) is 3.61. The van der Waals surface area contributed by atoms with Gasteiger partial charge in [-0.25, -0.2) is 0 Å². The molecule has 1 amide bonds. The largest absolute Gasteiger partial charge is 0.356 e. The fourth-order valence-electron chi connectivity index (χ4n) is 0.781. The molecule has 0 aliphatic carbocycles. The molecule has 0 fully saturated rings. The van der Waals surface area contributed by atoms with Crippen LogP contribution < -0.4 is 5.32 Å². The fourth-order valence-corrected chi connectivity index (χ4v) is 0.781. The van der Waals surface area contributed by atoms with Crippen molar-refractivity contribution < 1.29 is 4.79 Å². The van der Waals surface area contributed by atoms with E-state index in [0.717, 1.165) is 5.56 Å². The van der Waals surface area contributed by atoms with Crippen molar-refractivity contribution in [2.24, 2.45) is 7.05 Å². The third kappa shape index (κ3) is 2.23. The van der Waals surface area contributed by atoms with Crippen LogP contribution in [0.1, 0.15) is 5.56 Å². The number of aryl methyl sites for hydroxylation is 1. The van der Waals surface area contributed by atoms with Crippen molar-refractivity contribution >= 4 is 12.0 Å². The number of aromatic nitrogens is 2. The Hall–Kier alpha value is -1.58. The Bertz CT molecular complexity index is 301. The molecule has 12 heavy (non-hydrogen) atoms. The maximum Gasteiger partial charge on any atom is 0.243 e. The van der Waals surface area contributed by atoms with E-state index in [-0.39, 0.29) is 5.91 Å². The predicted octanol–water partition coefficient (Wildman–Crippen LogP) is 0.179. The van der Waals surface area contributed by atoms with Crippen LogP contribution in [0.5, 0.6) is 0 Å². The first-order valence-electron chi connectivity index (χ1n) is 3.61. The molecule has 1 rings (SSSR count). The van der Waals surface area contributed by atoms with Crippen molar-refractivity contribution in [1.82, 2.24) is 15.1 Å². The van der Waals surface area contributed by atoms with Gasteiger partial charge in [-0.1, -0.05) is 0 Å². The molecule has 0 aromatic carbocycles. The zero-order valence-electron chi connectivity index (χ0n) is 7.11. The van der Waals surface area contributed by atoms with Crippen LogP contribution in [0.15, 0.2) is 18.5 Å². The standard InChI is InChI=1S/C8H11N3O/c1-9-8(12)4-3-7-5-10-11(2)6-7/h3-6H,1-2H3,(H,9,12)/b4-3+. The number of nitrogens with zero attached hydrogens (tertiary/aromatic N) is 2. The highest BCUT2D eigenvalue weighted by Gasteiger charge is 1.91. The van der Waals surface area contributed by atoms with Crippen molar-refractivity contribution in [3.8, 4) is 0 Å². The normalized spacial score (nSPS) is 10.5. The molecule has 1 N–H and O–H groups in total. The van der Waals surface area contributed by atoms with Crippen LogP contribution in [0.4, 0.5) is 0 Å². The van der Waals surface area contributed by atoms with Crippen LogP contribution in [0.3, 0.4) is 0 Å². The van der Waals surface area contributed by atoms with Crippen LogP contribution in [-0.4, -0.2) is 22.7 Å². The summed E-state index contributed by atoms with van der Waals surface area (Å²) in [5, 5.41) is 6.44. The number of rotatable bonds is 2. The smallest absolute Gasteiger partial charge is 0.243 e. The van der Waals surface area contributed by atoms with Crippen LogP contribution in [-0.2, 0) is 11.8 Å². The van der Waals surface area contributed by atoms with Crippen LogP contribution in [0, 0.1) is 0 Å². The maximum atomic E-state index is 10.8. The molecular weight excluding hydrogens is 154 g/mol. The number of nitrogens with one attached hydrogen (secondary N) is 1. The summed E-state index contributed by atoms with van der Waals surface area (Å²) in [6.45, 7) is 0. The summed E-state index contributed by atoms with van der Waals surface area (Å²) >= 11 is 0. The summed E-state index contributed by atoms with van der Waals surface area (Å²) in [4.78, 5) is 10.8. The Labute approximate surface area is 70.9 Å². The first-order chi connectivity index (χ1) is 5.72. The Kier molecular flexibility index (Phi) is 2.63. The SMILES string of the molecule is CNC(=O)/C=C/c1cnn(C)c1. The third-order valence-electron chi connectivity index (χ3n) is 1.40. The minimum atomic E-state index is -0.112. The monoisotopic (exact) mass is 165 g/mol. The molecule has 1 aromatic rings. The molecule has 64 valence electrons. The van der Waals surface area contributed by atoms with Gasteiger partial charge >= 0.3 is 0 Å². The molecule has 1 heterocycles. The highest BCUT2D eigenvalue weighted by atomic mass is 16.1. The van der Waals surface area contributed by atoms with Gasteiger partial charge in [0.25, 0.3) is 0 Å². The molecule has 0 aliphatic heterocycles. The third-order valence-corrected chi connectivity index (χ3v) is 1.40. The van der Waals surface area contributed by atoms with E-state index in [9.17, 15) is 4.79 Å². The Morgan fingerprint density at radius 1 is 1.75 bits per heavy atom. The highest BCUT2D eigenvalue weighted by molar-refractivity contribution is 5.91. The van der Waals surface area contributed by atoms with E-state index >= 15 is 0 Å². The van der Waals surface area contributed by atoms with E-state index in [1.807, 2.05) is 13.2 Å². The second-order valence-corrected chi connectivity index (χ2v) is 2.39. The van der Waals surface area contributed by atoms with Gasteiger partial charge in [-0.05, 0) is 6.08 Å². The number of amides is 1. The predicted molar refractivity (Wildman–Crippen MR) is 46.3 cm³/mol. The average Bonchev–Trinajstić information content (AvgIpc) is 2.47. The summed E-state index contributed by atoms with van der Waals surface area (Å²) in [5.74, 6) is -0.112. The molecule has 4 heteroatoms. The fraction of sp³-hybridized carbons (Fsp3) is 0.250. The Balaban J connectivity index is 2.63. The molecule has 1 aromatic heterocycles. The number of carbonyl (C=O) groups is 1. The number of likely N-dealkylation sites (N-methyl/N-ethyl adjacent to an activating group) is 1. The lowest BCUT2D eigenvalue weighted by Crippen LogP contribution is -2.13. The molecule has 0 radical (unpaired) electrons. The zero-order valence-corrected chi connectivity index (χ0v) is 7.11. The van der Waals surface area contributed by atoms with Crippen molar-refractivity contribution in [2.75, 3.05) is 7.05 Å². The summed E-state index contributed by atoms with van der Waals surface area (Å²) in [5.41, 5.74) is 0.918. The quantitative estimate of drug-likeness (QED) is 0.635. The highest BCUT2D eigenvalue weighted by Crippen LogP contribution is 1.98. The molecule has 0 unspecified atom stereocenters. The van der Waals surface area contributed by atoms with Gasteiger partial charge in [-0.15, -0.1) is 0 Å². The Morgan fingerprint density at radius 3 is 3.00 bits per heavy atom. The maximum absolute atomic E-state index is 10.8. The molecule has 4 nitrogen and oxygen atoms in total. The topological polar surface area (TPSA) is 46.9 Å². The summed E-state index contributed by atoms with van der Waals surface area (Å²) < 4.78 is 1.68. The average molecular weight is 165 g/mol. The van der Waals surface area contributed by atoms with Crippen molar-refractivity contribution in [1.29, 1.82) is 0 Å². The van der Waals surface area contributed by atoms with Gasteiger partial charge in [0.1, 0.15) is 0 Å². The van der Waals surface area contributed by atoms with Crippen molar-refractivity contribution in [3.63, 3.8) is 0 Å². The van der Waals surface area contributed by atoms with Crippen molar-refractivity contribution in [2.45, 2.75) is 0 Å². The number of hydrogen-bond acceptors (Lipinski definition) is 2. The van der Waals surface area contributed by atoms with Crippen LogP contribution in [0.25, 0.3) is 6.08 Å². The van der Waals surface area contributed by atoms with Gasteiger partial charge in [-0.2, -0.15) is 5.10 Å². The minimum absolute atomic E-state index is 0.112. The molecule has 0 atom stereocenters. The van der Waals surface area contributed by atoms with E-state index in [1.165, 1.54) is 6.08 Å². The van der Waals surface area contributed by atoms with E-state index in [4.69, 9.17) is 0 Å². The van der Waals surface area contributed by atoms with E-state index < -0.39 is 0 Å². The van der Waals surface area contributed by atoms with Gasteiger partial charge in [0.2, 0.25) is 5.91 Å². The van der Waals surface area contributed by atoms with Crippen molar-refractivity contribution in [3.05, 3.63) is 24.0 Å². The number of carbonyl (C=O) groups excluding carboxylic acids is 1. The minimum Gasteiger partial charge on any atom is -0.356 e. The van der Waals surface area contributed by atoms with E-state index in [2.05, 4.69) is 10.4 Å². The molecule has 0 saturated heterocycles. The molecule has 0 aliphatic rings. The summed E-state index contributed by atoms with van der Waals surface area (Å²) in [6.07, 6.45) is 6.71. The summed E-state index contributed by atoms with van der Waals surface area (Å²) in [6, 6.07) is 0. The Morgan fingerprint density at radius 2 is 2.50 bits per heavy atom. The van der Waals surface area contributed by atoms with Crippen LogP contribution in [0.2, 0.25) is 0 Å². The number of hydrogen-bond donors (Lipinski definition) is 1. The zero-order chi connectivity index (χ0) is 8.97. The lowest BCUT2D eigenvalue weighted by atomic mass is 10.3. The second kappa shape index (κ2) is 3.71. The van der Waals surface area contributed by atoms with Gasteiger partial charge in [0.05, 0.1) is 6.20 Å². The molecular formula is C8H11N3O. The van der Waals surface area contributed by atoms with E-state index in [0.29, 0.717) is 0 Å². The molecule has 0 spiro atoms. The lowest BCUT2D eigenvalue weighted by Gasteiger charge is -1.87. The van der Waals surface area contributed by atoms with Gasteiger partial charge in [-0.3, -0.25) is 9.48 Å². The molecule has 0 saturated carbocycles. The molecule has 0 bridgehead atoms. The van der Waals surface area contributed by atoms with Gasteiger partial charge in [0, 0.05) is 31.9 Å². The van der Waals surface area contributed by atoms with Crippen LogP contribution >= 0.6 is 0 Å². The summed E-state index contributed by atoms with van der Waals surface area (Å²) in [7, 11) is 3.42. The van der Waals surface area contributed by atoms with Gasteiger partial charge in [0.15, 0.2) is 0 Å². The second-order valence-electron chi connectivity index (χ2n) is 2.39. The lowest BCUT2D eigenvalue weighted by molar-refractivity contribution is -0.115. The van der Waals surface area contributed by atoms with E-state index in [1.54, 1.807) is 24.0 Å².